The van der Waals surface area contributed by atoms with Gasteiger partial charge in [0.25, 0.3) is 0 Å². The van der Waals surface area contributed by atoms with Gasteiger partial charge in [-0.25, -0.2) is 9.78 Å². The summed E-state index contributed by atoms with van der Waals surface area (Å²) in [5.41, 5.74) is 2.44. The lowest BCUT2D eigenvalue weighted by Gasteiger charge is -1.94. The summed E-state index contributed by atoms with van der Waals surface area (Å²) in [6.07, 6.45) is 1.48. The van der Waals surface area contributed by atoms with E-state index in [4.69, 9.17) is 5.26 Å². The van der Waals surface area contributed by atoms with E-state index >= 15 is 0 Å². The number of hydrogen-bond acceptors (Lipinski definition) is 5. The fourth-order valence-corrected chi connectivity index (χ4v) is 1.56. The monoisotopic (exact) mass is 208 g/mol. The number of methoxy groups -OCH3 is 1. The quantitative estimate of drug-likeness (QED) is 0.420. The molecule has 0 spiro atoms. The fourth-order valence-electron chi connectivity index (χ4n) is 0.827. The molecule has 0 N–H and O–H groups in total. The highest BCUT2D eigenvalue weighted by molar-refractivity contribution is 7.10. The molecule has 0 saturated heterocycles. The van der Waals surface area contributed by atoms with Gasteiger partial charge >= 0.3 is 5.97 Å². The third kappa shape index (κ3) is 2.18. The van der Waals surface area contributed by atoms with Gasteiger partial charge in [-0.1, -0.05) is 0 Å². The predicted octanol–water partition coefficient (Wildman–Crippen LogP) is 1.53. The Morgan fingerprint density at radius 2 is 2.50 bits per heavy atom. The molecule has 14 heavy (non-hydrogen) atoms. The summed E-state index contributed by atoms with van der Waals surface area (Å²) in [6.45, 7) is 1.81. The van der Waals surface area contributed by atoms with E-state index in [1.54, 1.807) is 11.6 Å². The number of aryl methyl sites for hydroxylation is 1. The summed E-state index contributed by atoms with van der Waals surface area (Å²) in [5, 5.41) is 8.68. The first-order chi connectivity index (χ1) is 6.69. The molecule has 0 aromatic carbocycles. The normalized spacial score (nSPS) is 10.8. The summed E-state index contributed by atoms with van der Waals surface area (Å²) in [5.74, 6) is -0.625. The third-order valence-electron chi connectivity index (χ3n) is 1.58. The SMILES string of the molecule is COC(=O)/C(C#N)=C/c1scnc1C. The number of nitriles is 1. The van der Waals surface area contributed by atoms with Crippen molar-refractivity contribution in [3.8, 4) is 6.07 Å². The highest BCUT2D eigenvalue weighted by Crippen LogP contribution is 2.16. The second-order valence-electron chi connectivity index (χ2n) is 2.46. The molecule has 0 fully saturated rings. The molecule has 4 nitrogen and oxygen atoms in total. The van der Waals surface area contributed by atoms with Crippen molar-refractivity contribution in [2.45, 2.75) is 6.92 Å². The summed E-state index contributed by atoms with van der Waals surface area (Å²) < 4.78 is 4.45. The van der Waals surface area contributed by atoms with Crippen molar-refractivity contribution in [1.82, 2.24) is 4.98 Å². The molecule has 0 aliphatic heterocycles. The van der Waals surface area contributed by atoms with E-state index in [0.717, 1.165) is 10.6 Å². The summed E-state index contributed by atoms with van der Waals surface area (Å²) in [6, 6.07) is 1.78. The highest BCUT2D eigenvalue weighted by atomic mass is 32.1. The average Bonchev–Trinajstić information content (AvgIpc) is 2.59. The van der Waals surface area contributed by atoms with Crippen LogP contribution >= 0.6 is 11.3 Å². The molecule has 0 saturated carbocycles. The molecule has 0 radical (unpaired) electrons. The van der Waals surface area contributed by atoms with E-state index in [1.807, 2.05) is 6.92 Å². The predicted molar refractivity (Wildman–Crippen MR) is 52.5 cm³/mol. The minimum Gasteiger partial charge on any atom is -0.465 e. The van der Waals surface area contributed by atoms with Crippen molar-refractivity contribution >= 4 is 23.4 Å². The molecule has 1 heterocycles. The Morgan fingerprint density at radius 1 is 1.79 bits per heavy atom. The minimum absolute atomic E-state index is 0.0140. The Balaban J connectivity index is 3.03. The average molecular weight is 208 g/mol. The Kier molecular flexibility index (Phi) is 3.37. The molecule has 0 aliphatic rings. The Hall–Kier alpha value is -1.67. The number of hydrogen-bond donors (Lipinski definition) is 0. The summed E-state index contributed by atoms with van der Waals surface area (Å²) in [7, 11) is 1.24. The van der Waals surface area contributed by atoms with Crippen molar-refractivity contribution in [3.63, 3.8) is 0 Å². The van der Waals surface area contributed by atoms with Gasteiger partial charge in [0, 0.05) is 0 Å². The summed E-state index contributed by atoms with van der Waals surface area (Å²) >= 11 is 1.37. The van der Waals surface area contributed by atoms with Gasteiger partial charge in [-0.2, -0.15) is 5.26 Å². The number of carbonyl (C=O) groups is 1. The number of nitrogens with zero attached hydrogens (tertiary/aromatic N) is 2. The van der Waals surface area contributed by atoms with Crippen LogP contribution in [0.1, 0.15) is 10.6 Å². The van der Waals surface area contributed by atoms with Crippen molar-refractivity contribution in [2.75, 3.05) is 7.11 Å². The molecule has 1 aromatic rings. The fraction of sp³-hybridized carbons (Fsp3) is 0.222. The molecule has 0 bridgehead atoms. The van der Waals surface area contributed by atoms with Gasteiger partial charge in [0.05, 0.1) is 23.2 Å². The van der Waals surface area contributed by atoms with Gasteiger partial charge in [-0.3, -0.25) is 0 Å². The van der Waals surface area contributed by atoms with E-state index in [2.05, 4.69) is 9.72 Å². The number of aromatic nitrogens is 1. The standard InChI is InChI=1S/C9H8N2O2S/c1-6-8(14-5-11-6)3-7(4-10)9(12)13-2/h3,5H,1-2H3/b7-3+. The molecule has 0 unspecified atom stereocenters. The number of carbonyl (C=O) groups excluding carboxylic acids is 1. The first kappa shape index (κ1) is 10.4. The van der Waals surface area contributed by atoms with E-state index < -0.39 is 5.97 Å². The lowest BCUT2D eigenvalue weighted by Crippen LogP contribution is -2.02. The van der Waals surface area contributed by atoms with Gasteiger partial charge < -0.3 is 4.74 Å². The van der Waals surface area contributed by atoms with Crippen LogP contribution < -0.4 is 0 Å². The zero-order valence-electron chi connectivity index (χ0n) is 7.77. The van der Waals surface area contributed by atoms with Gasteiger partial charge in [-0.05, 0) is 13.0 Å². The second-order valence-corrected chi connectivity index (χ2v) is 3.35. The Bertz CT molecular complexity index is 415. The zero-order chi connectivity index (χ0) is 10.6. The number of ether oxygens (including phenoxy) is 1. The number of esters is 1. The van der Waals surface area contributed by atoms with Crippen LogP contribution in [-0.4, -0.2) is 18.1 Å². The minimum atomic E-state index is -0.625. The van der Waals surface area contributed by atoms with Crippen molar-refractivity contribution in [1.29, 1.82) is 5.26 Å². The van der Waals surface area contributed by atoms with E-state index in [1.165, 1.54) is 24.5 Å². The van der Waals surface area contributed by atoms with Crippen LogP contribution in [0.2, 0.25) is 0 Å². The van der Waals surface area contributed by atoms with Gasteiger partial charge in [0.1, 0.15) is 11.6 Å². The van der Waals surface area contributed by atoms with E-state index in [0.29, 0.717) is 0 Å². The lowest BCUT2D eigenvalue weighted by atomic mass is 10.2. The van der Waals surface area contributed by atoms with Gasteiger partial charge in [0.2, 0.25) is 0 Å². The van der Waals surface area contributed by atoms with E-state index in [-0.39, 0.29) is 5.57 Å². The smallest absolute Gasteiger partial charge is 0.348 e. The first-order valence-corrected chi connectivity index (χ1v) is 4.67. The maximum absolute atomic E-state index is 11.1. The Labute approximate surface area is 85.5 Å². The topological polar surface area (TPSA) is 63.0 Å². The molecular formula is C9H8N2O2S. The highest BCUT2D eigenvalue weighted by Gasteiger charge is 2.09. The van der Waals surface area contributed by atoms with E-state index in [9.17, 15) is 4.79 Å². The van der Waals surface area contributed by atoms with Crippen LogP contribution in [0.15, 0.2) is 11.1 Å². The van der Waals surface area contributed by atoms with Crippen LogP contribution in [0, 0.1) is 18.3 Å². The van der Waals surface area contributed by atoms with Crippen molar-refractivity contribution < 1.29 is 9.53 Å². The Morgan fingerprint density at radius 3 is 2.93 bits per heavy atom. The van der Waals surface area contributed by atoms with Crippen molar-refractivity contribution in [2.24, 2.45) is 0 Å². The van der Waals surface area contributed by atoms with Gasteiger partial charge in [0.15, 0.2) is 0 Å². The third-order valence-corrected chi connectivity index (χ3v) is 2.46. The van der Waals surface area contributed by atoms with Crippen LogP contribution in [0.4, 0.5) is 0 Å². The van der Waals surface area contributed by atoms with Crippen LogP contribution in [0.3, 0.4) is 0 Å². The number of thiazole rings is 1. The van der Waals surface area contributed by atoms with Crippen molar-refractivity contribution in [3.05, 3.63) is 21.7 Å². The maximum atomic E-state index is 11.1. The summed E-state index contributed by atoms with van der Waals surface area (Å²) in [4.78, 5) is 15.9. The first-order valence-electron chi connectivity index (χ1n) is 3.79. The number of rotatable bonds is 2. The molecule has 1 aromatic heterocycles. The van der Waals surface area contributed by atoms with Crippen LogP contribution in [-0.2, 0) is 9.53 Å². The second kappa shape index (κ2) is 4.53. The van der Waals surface area contributed by atoms with Crippen LogP contribution in [0.25, 0.3) is 6.08 Å². The van der Waals surface area contributed by atoms with Crippen LogP contribution in [0.5, 0.6) is 0 Å². The molecule has 0 aliphatic carbocycles. The molecule has 5 heteroatoms. The molecular weight excluding hydrogens is 200 g/mol. The molecule has 0 atom stereocenters. The maximum Gasteiger partial charge on any atom is 0.348 e. The molecule has 0 amide bonds. The molecule has 1 rings (SSSR count). The van der Waals surface area contributed by atoms with Gasteiger partial charge in [-0.15, -0.1) is 11.3 Å². The zero-order valence-corrected chi connectivity index (χ0v) is 8.59. The largest absolute Gasteiger partial charge is 0.465 e. The lowest BCUT2D eigenvalue weighted by molar-refractivity contribution is -0.135. The molecule has 72 valence electrons.